The van der Waals surface area contributed by atoms with Crippen LogP contribution in [0.15, 0.2) is 23.3 Å². The van der Waals surface area contributed by atoms with E-state index in [2.05, 4.69) is 25.2 Å². The Balaban J connectivity index is 1.31. The van der Waals surface area contributed by atoms with Gasteiger partial charge < -0.3 is 19.5 Å². The lowest BCUT2D eigenvalue weighted by atomic mass is 9.95. The van der Waals surface area contributed by atoms with Crippen LogP contribution in [-0.4, -0.2) is 64.2 Å². The lowest BCUT2D eigenvalue weighted by Gasteiger charge is -2.33. The zero-order valence-corrected chi connectivity index (χ0v) is 15.7. The summed E-state index contributed by atoms with van der Waals surface area (Å²) in [6.07, 6.45) is 6.36. The third-order valence-corrected chi connectivity index (χ3v) is 5.83. The topological polar surface area (TPSA) is 72.3 Å². The smallest absolute Gasteiger partial charge is 0.224 e. The molecule has 2 saturated heterocycles. The number of carbonyl (C=O) groups is 1. The summed E-state index contributed by atoms with van der Waals surface area (Å²) in [7, 11) is 0. The number of rotatable bonds is 5. The number of piperidine rings is 1. The Kier molecular flexibility index (Phi) is 5.62. The molecule has 1 atom stereocenters. The van der Waals surface area contributed by atoms with Crippen LogP contribution in [0.4, 0.5) is 0 Å². The molecular weight excluding hydrogens is 350 g/mol. The zero-order valence-electron chi connectivity index (χ0n) is 14.8. The fourth-order valence-corrected chi connectivity index (χ4v) is 4.33. The Morgan fingerprint density at radius 2 is 2.23 bits per heavy atom. The summed E-state index contributed by atoms with van der Waals surface area (Å²) in [5.74, 6) is 1.76. The number of ether oxygens (including phenoxy) is 1. The Labute approximate surface area is 157 Å². The predicted molar refractivity (Wildman–Crippen MR) is 99.2 cm³/mol. The van der Waals surface area contributed by atoms with Gasteiger partial charge in [-0.3, -0.25) is 4.79 Å². The molecule has 26 heavy (non-hydrogen) atoms. The molecule has 2 fully saturated rings. The van der Waals surface area contributed by atoms with E-state index in [9.17, 15) is 4.79 Å². The maximum Gasteiger partial charge on any atom is 0.224 e. The monoisotopic (exact) mass is 375 g/mol. The largest absolute Gasteiger partial charge is 0.378 e. The Morgan fingerprint density at radius 3 is 2.96 bits per heavy atom. The maximum atomic E-state index is 12.5. The van der Waals surface area contributed by atoms with Gasteiger partial charge in [-0.25, -0.2) is 9.97 Å². The molecule has 8 heteroatoms. The van der Waals surface area contributed by atoms with Crippen LogP contribution < -0.4 is 5.32 Å². The van der Waals surface area contributed by atoms with Gasteiger partial charge in [0.25, 0.3) is 0 Å². The minimum atomic E-state index is 0.158. The number of morpholine rings is 1. The Bertz CT molecular complexity index is 703. The number of thiazole rings is 1. The minimum absolute atomic E-state index is 0.158. The van der Waals surface area contributed by atoms with Gasteiger partial charge in [0, 0.05) is 55.8 Å². The first-order valence-corrected chi connectivity index (χ1v) is 10.2. The molecule has 4 heterocycles. The maximum absolute atomic E-state index is 12.5. The molecule has 1 amide bonds. The van der Waals surface area contributed by atoms with E-state index in [1.165, 1.54) is 0 Å². The van der Waals surface area contributed by atoms with Gasteiger partial charge in [0.05, 0.1) is 31.0 Å². The molecule has 4 rings (SSSR count). The van der Waals surface area contributed by atoms with E-state index in [-0.39, 0.29) is 11.9 Å². The highest BCUT2D eigenvalue weighted by Gasteiger charge is 2.28. The summed E-state index contributed by atoms with van der Waals surface area (Å²) in [5.41, 5.74) is 2.94. The van der Waals surface area contributed by atoms with Crippen LogP contribution in [-0.2, 0) is 16.1 Å². The third kappa shape index (κ3) is 4.13. The van der Waals surface area contributed by atoms with E-state index < -0.39 is 0 Å². The van der Waals surface area contributed by atoms with Crippen molar-refractivity contribution in [2.24, 2.45) is 0 Å². The molecule has 140 valence electrons. The number of imidazole rings is 1. The zero-order chi connectivity index (χ0) is 17.8. The van der Waals surface area contributed by atoms with Gasteiger partial charge in [0.1, 0.15) is 5.82 Å². The second-order valence-corrected chi connectivity index (χ2v) is 7.70. The molecule has 2 aliphatic heterocycles. The van der Waals surface area contributed by atoms with Crippen LogP contribution in [0.25, 0.3) is 0 Å². The highest BCUT2D eigenvalue weighted by molar-refractivity contribution is 7.07. The summed E-state index contributed by atoms with van der Waals surface area (Å²) < 4.78 is 7.64. The van der Waals surface area contributed by atoms with Crippen LogP contribution in [0.3, 0.4) is 0 Å². The van der Waals surface area contributed by atoms with E-state index >= 15 is 0 Å². The first-order chi connectivity index (χ1) is 12.8. The number of hydrogen-bond acceptors (Lipinski definition) is 6. The standard InChI is InChI=1S/C18H25N5O2S/c24-17(9-15-11-25-8-4-19-15)22-5-1-14(2-6-22)18-20-3-7-23(18)10-16-12-26-13-21-16/h3,7,12-15,19H,1-2,4-6,8-11H2/t15-/m1/s1. The molecule has 0 saturated carbocycles. The van der Waals surface area contributed by atoms with Gasteiger partial charge in [-0.2, -0.15) is 0 Å². The van der Waals surface area contributed by atoms with Crippen molar-refractivity contribution in [2.45, 2.75) is 37.8 Å². The molecular formula is C18H25N5O2S. The van der Waals surface area contributed by atoms with Crippen LogP contribution in [0.1, 0.15) is 36.7 Å². The van der Waals surface area contributed by atoms with Crippen LogP contribution >= 0.6 is 11.3 Å². The second-order valence-electron chi connectivity index (χ2n) is 6.98. The molecule has 2 aromatic rings. The van der Waals surface area contributed by atoms with E-state index in [1.54, 1.807) is 11.3 Å². The number of nitrogens with one attached hydrogen (secondary N) is 1. The molecule has 0 aromatic carbocycles. The molecule has 0 unspecified atom stereocenters. The van der Waals surface area contributed by atoms with Gasteiger partial charge in [-0.05, 0) is 12.8 Å². The van der Waals surface area contributed by atoms with Gasteiger partial charge in [0.2, 0.25) is 5.91 Å². The average molecular weight is 375 g/mol. The molecule has 1 N–H and O–H groups in total. The molecule has 2 aromatic heterocycles. The predicted octanol–water partition coefficient (Wildman–Crippen LogP) is 1.47. The second kappa shape index (κ2) is 8.28. The van der Waals surface area contributed by atoms with Crippen molar-refractivity contribution in [3.63, 3.8) is 0 Å². The van der Waals surface area contributed by atoms with Crippen molar-refractivity contribution in [1.82, 2.24) is 24.8 Å². The van der Waals surface area contributed by atoms with Gasteiger partial charge >= 0.3 is 0 Å². The number of amides is 1. The first-order valence-electron chi connectivity index (χ1n) is 9.26. The normalized spacial score (nSPS) is 21.8. The number of carbonyl (C=O) groups excluding carboxylic acids is 1. The van der Waals surface area contributed by atoms with E-state index in [4.69, 9.17) is 4.74 Å². The number of likely N-dealkylation sites (tertiary alicyclic amines) is 1. The molecule has 7 nitrogen and oxygen atoms in total. The summed E-state index contributed by atoms with van der Waals surface area (Å²) in [6.45, 7) is 4.59. The molecule has 0 radical (unpaired) electrons. The lowest BCUT2D eigenvalue weighted by Crippen LogP contribution is -2.46. The first kappa shape index (κ1) is 17.6. The quantitative estimate of drug-likeness (QED) is 0.857. The van der Waals surface area contributed by atoms with Crippen molar-refractivity contribution in [3.8, 4) is 0 Å². The number of nitrogens with zero attached hydrogens (tertiary/aromatic N) is 4. The van der Waals surface area contributed by atoms with Crippen molar-refractivity contribution in [2.75, 3.05) is 32.8 Å². The van der Waals surface area contributed by atoms with Crippen molar-refractivity contribution in [3.05, 3.63) is 34.8 Å². The third-order valence-electron chi connectivity index (χ3n) is 5.20. The van der Waals surface area contributed by atoms with Crippen LogP contribution in [0.2, 0.25) is 0 Å². The van der Waals surface area contributed by atoms with E-state index in [0.29, 0.717) is 18.9 Å². The van der Waals surface area contributed by atoms with E-state index in [0.717, 1.165) is 57.1 Å². The van der Waals surface area contributed by atoms with Crippen LogP contribution in [0, 0.1) is 0 Å². The number of aromatic nitrogens is 3. The summed E-state index contributed by atoms with van der Waals surface area (Å²) >= 11 is 1.62. The van der Waals surface area contributed by atoms with Crippen LogP contribution in [0.5, 0.6) is 0 Å². The molecule has 0 aliphatic carbocycles. The summed E-state index contributed by atoms with van der Waals surface area (Å²) in [6, 6.07) is 0.158. The van der Waals surface area contributed by atoms with Gasteiger partial charge in [-0.1, -0.05) is 0 Å². The fraction of sp³-hybridized carbons (Fsp3) is 0.611. The number of hydrogen-bond donors (Lipinski definition) is 1. The highest BCUT2D eigenvalue weighted by atomic mass is 32.1. The molecule has 2 aliphatic rings. The van der Waals surface area contributed by atoms with E-state index in [1.807, 2.05) is 22.8 Å². The minimum Gasteiger partial charge on any atom is -0.378 e. The SMILES string of the molecule is O=C(C[C@@H]1COCCN1)N1CCC(c2nccn2Cc2cscn2)CC1. The van der Waals surface area contributed by atoms with Crippen molar-refractivity contribution < 1.29 is 9.53 Å². The summed E-state index contributed by atoms with van der Waals surface area (Å²) in [4.78, 5) is 23.5. The van der Waals surface area contributed by atoms with Crippen molar-refractivity contribution >= 4 is 17.2 Å². The average Bonchev–Trinajstić information content (AvgIpc) is 3.35. The van der Waals surface area contributed by atoms with Gasteiger partial charge in [-0.15, -0.1) is 11.3 Å². The Hall–Kier alpha value is -1.77. The lowest BCUT2D eigenvalue weighted by molar-refractivity contribution is -0.133. The molecule has 0 spiro atoms. The fourth-order valence-electron chi connectivity index (χ4n) is 3.78. The molecule has 0 bridgehead atoms. The summed E-state index contributed by atoms with van der Waals surface area (Å²) in [5, 5.41) is 5.44. The van der Waals surface area contributed by atoms with Gasteiger partial charge in [0.15, 0.2) is 0 Å². The van der Waals surface area contributed by atoms with Crippen molar-refractivity contribution in [1.29, 1.82) is 0 Å². The highest BCUT2D eigenvalue weighted by Crippen LogP contribution is 2.27. The Morgan fingerprint density at radius 1 is 1.35 bits per heavy atom.